The lowest BCUT2D eigenvalue weighted by atomic mass is 10.1. The van der Waals surface area contributed by atoms with Crippen LogP contribution in [0.25, 0.3) is 0 Å². The van der Waals surface area contributed by atoms with Crippen LogP contribution in [0.4, 0.5) is 4.39 Å². The normalized spacial score (nSPS) is 10.1. The van der Waals surface area contributed by atoms with Crippen LogP contribution in [0, 0.1) is 5.82 Å². The number of carbonyl (C=O) groups excluding carboxylic acids is 1. The SMILES string of the molecule is CCSc1ccc(C(C)=O)cc1F. The monoisotopic (exact) mass is 198 g/mol. The van der Waals surface area contributed by atoms with Crippen LogP contribution in [0.3, 0.4) is 0 Å². The highest BCUT2D eigenvalue weighted by Gasteiger charge is 2.05. The van der Waals surface area contributed by atoms with Gasteiger partial charge in [0.1, 0.15) is 5.82 Å². The van der Waals surface area contributed by atoms with Gasteiger partial charge in [-0.1, -0.05) is 13.0 Å². The van der Waals surface area contributed by atoms with Crippen LogP contribution in [-0.4, -0.2) is 11.5 Å². The van der Waals surface area contributed by atoms with E-state index >= 15 is 0 Å². The Labute approximate surface area is 81.3 Å². The molecule has 1 aromatic carbocycles. The molecular weight excluding hydrogens is 187 g/mol. The molecule has 0 unspecified atom stereocenters. The molecule has 1 rings (SSSR count). The minimum atomic E-state index is -0.306. The summed E-state index contributed by atoms with van der Waals surface area (Å²) in [6.45, 7) is 3.39. The molecule has 0 amide bonds. The largest absolute Gasteiger partial charge is 0.295 e. The van der Waals surface area contributed by atoms with E-state index in [4.69, 9.17) is 0 Å². The fourth-order valence-corrected chi connectivity index (χ4v) is 1.66. The van der Waals surface area contributed by atoms with E-state index in [9.17, 15) is 9.18 Å². The Morgan fingerprint density at radius 3 is 2.69 bits per heavy atom. The standard InChI is InChI=1S/C10H11FOS/c1-3-13-10-5-4-8(7(2)12)6-9(10)11/h4-6H,3H2,1-2H3. The summed E-state index contributed by atoms with van der Waals surface area (Å²) in [5.41, 5.74) is 0.429. The summed E-state index contributed by atoms with van der Waals surface area (Å²) in [7, 11) is 0. The number of thioether (sulfide) groups is 1. The maximum atomic E-state index is 13.2. The molecule has 0 aliphatic carbocycles. The molecule has 1 aromatic rings. The highest BCUT2D eigenvalue weighted by molar-refractivity contribution is 7.99. The van der Waals surface area contributed by atoms with Gasteiger partial charge in [0.25, 0.3) is 0 Å². The van der Waals surface area contributed by atoms with Gasteiger partial charge in [-0.2, -0.15) is 0 Å². The molecule has 0 radical (unpaired) electrons. The zero-order valence-corrected chi connectivity index (χ0v) is 8.45. The summed E-state index contributed by atoms with van der Waals surface area (Å²) in [5.74, 6) is 0.419. The number of ketones is 1. The number of hydrogen-bond donors (Lipinski definition) is 0. The summed E-state index contributed by atoms with van der Waals surface area (Å²) in [6, 6.07) is 4.60. The molecule has 0 bridgehead atoms. The predicted octanol–water partition coefficient (Wildman–Crippen LogP) is 3.14. The minimum Gasteiger partial charge on any atom is -0.295 e. The molecule has 0 N–H and O–H groups in total. The number of carbonyl (C=O) groups is 1. The van der Waals surface area contributed by atoms with Crippen molar-refractivity contribution in [3.63, 3.8) is 0 Å². The van der Waals surface area contributed by atoms with Crippen LogP contribution in [-0.2, 0) is 0 Å². The van der Waals surface area contributed by atoms with E-state index in [-0.39, 0.29) is 11.6 Å². The molecule has 3 heteroatoms. The zero-order valence-electron chi connectivity index (χ0n) is 7.63. The molecule has 13 heavy (non-hydrogen) atoms. The molecule has 0 saturated heterocycles. The second kappa shape index (κ2) is 4.42. The highest BCUT2D eigenvalue weighted by Crippen LogP contribution is 2.22. The maximum Gasteiger partial charge on any atom is 0.159 e. The molecule has 0 aliphatic rings. The van der Waals surface area contributed by atoms with Gasteiger partial charge in [-0.05, 0) is 24.8 Å². The van der Waals surface area contributed by atoms with E-state index in [1.165, 1.54) is 24.8 Å². The van der Waals surface area contributed by atoms with Gasteiger partial charge in [0, 0.05) is 10.5 Å². The van der Waals surface area contributed by atoms with E-state index in [2.05, 4.69) is 0 Å². The molecular formula is C10H11FOS. The third kappa shape index (κ3) is 2.56. The fourth-order valence-electron chi connectivity index (χ4n) is 0.992. The van der Waals surface area contributed by atoms with Crippen LogP contribution < -0.4 is 0 Å². The molecule has 0 aromatic heterocycles. The van der Waals surface area contributed by atoms with Gasteiger partial charge in [0.05, 0.1) is 0 Å². The summed E-state index contributed by atoms with van der Waals surface area (Å²) in [4.78, 5) is 11.5. The Balaban J connectivity index is 2.98. The first kappa shape index (κ1) is 10.3. The summed E-state index contributed by atoms with van der Waals surface area (Å²) in [5, 5.41) is 0. The highest BCUT2D eigenvalue weighted by atomic mass is 32.2. The number of benzene rings is 1. The first-order chi connectivity index (χ1) is 6.15. The van der Waals surface area contributed by atoms with Crippen molar-refractivity contribution in [2.75, 3.05) is 5.75 Å². The summed E-state index contributed by atoms with van der Waals surface area (Å²) in [6.07, 6.45) is 0. The quantitative estimate of drug-likeness (QED) is 0.548. The molecule has 0 heterocycles. The van der Waals surface area contributed by atoms with Gasteiger partial charge in [0.2, 0.25) is 0 Å². The predicted molar refractivity (Wildman–Crippen MR) is 52.8 cm³/mol. The van der Waals surface area contributed by atoms with Crippen molar-refractivity contribution in [3.8, 4) is 0 Å². The Kier molecular flexibility index (Phi) is 3.48. The summed E-state index contributed by atoms with van der Waals surface area (Å²) >= 11 is 1.44. The van der Waals surface area contributed by atoms with Crippen molar-refractivity contribution in [2.45, 2.75) is 18.7 Å². The zero-order chi connectivity index (χ0) is 9.84. The van der Waals surface area contributed by atoms with Crippen molar-refractivity contribution < 1.29 is 9.18 Å². The van der Waals surface area contributed by atoms with Gasteiger partial charge in [-0.3, -0.25) is 4.79 Å². The van der Waals surface area contributed by atoms with Crippen LogP contribution in [0.1, 0.15) is 24.2 Å². The molecule has 0 saturated carbocycles. The smallest absolute Gasteiger partial charge is 0.159 e. The molecule has 0 aliphatic heterocycles. The maximum absolute atomic E-state index is 13.2. The number of rotatable bonds is 3. The topological polar surface area (TPSA) is 17.1 Å². The Morgan fingerprint density at radius 2 is 2.23 bits per heavy atom. The van der Waals surface area contributed by atoms with E-state index in [1.54, 1.807) is 12.1 Å². The number of Topliss-reactive ketones (excluding diaryl/α,β-unsaturated/α-hetero) is 1. The van der Waals surface area contributed by atoms with Crippen molar-refractivity contribution in [3.05, 3.63) is 29.6 Å². The summed E-state index contributed by atoms with van der Waals surface area (Å²) < 4.78 is 13.2. The Morgan fingerprint density at radius 1 is 1.54 bits per heavy atom. The van der Waals surface area contributed by atoms with Gasteiger partial charge >= 0.3 is 0 Å². The van der Waals surface area contributed by atoms with Crippen molar-refractivity contribution in [1.29, 1.82) is 0 Å². The molecule has 1 nitrogen and oxygen atoms in total. The second-order valence-electron chi connectivity index (χ2n) is 2.63. The number of halogens is 1. The average molecular weight is 198 g/mol. The Hall–Kier alpha value is -0.830. The molecule has 0 fully saturated rings. The molecule has 0 spiro atoms. The lowest BCUT2D eigenvalue weighted by Gasteiger charge is -2.01. The van der Waals surface area contributed by atoms with Gasteiger partial charge in [-0.25, -0.2) is 4.39 Å². The van der Waals surface area contributed by atoms with Gasteiger partial charge < -0.3 is 0 Å². The van der Waals surface area contributed by atoms with E-state index in [1.807, 2.05) is 6.92 Å². The van der Waals surface area contributed by atoms with E-state index in [0.29, 0.717) is 10.5 Å². The van der Waals surface area contributed by atoms with Crippen molar-refractivity contribution in [1.82, 2.24) is 0 Å². The minimum absolute atomic E-state index is 0.105. The Bertz CT molecular complexity index is 323. The number of hydrogen-bond acceptors (Lipinski definition) is 2. The van der Waals surface area contributed by atoms with Crippen molar-refractivity contribution in [2.24, 2.45) is 0 Å². The van der Waals surface area contributed by atoms with Gasteiger partial charge in [-0.15, -0.1) is 11.8 Å². The average Bonchev–Trinajstić information content (AvgIpc) is 2.08. The fraction of sp³-hybridized carbons (Fsp3) is 0.300. The van der Waals surface area contributed by atoms with Crippen molar-refractivity contribution >= 4 is 17.5 Å². The lowest BCUT2D eigenvalue weighted by Crippen LogP contribution is -1.93. The first-order valence-corrected chi connectivity index (χ1v) is 5.07. The van der Waals surface area contributed by atoms with Crippen LogP contribution in [0.2, 0.25) is 0 Å². The molecule has 0 atom stereocenters. The van der Waals surface area contributed by atoms with Crippen LogP contribution in [0.15, 0.2) is 23.1 Å². The third-order valence-electron chi connectivity index (χ3n) is 1.64. The van der Waals surface area contributed by atoms with Gasteiger partial charge in [0.15, 0.2) is 5.78 Å². The second-order valence-corrected chi connectivity index (χ2v) is 3.94. The van der Waals surface area contributed by atoms with Crippen LogP contribution >= 0.6 is 11.8 Å². The lowest BCUT2D eigenvalue weighted by molar-refractivity contribution is 0.101. The van der Waals surface area contributed by atoms with Crippen LogP contribution in [0.5, 0.6) is 0 Å². The molecule has 70 valence electrons. The van der Waals surface area contributed by atoms with E-state index < -0.39 is 0 Å². The van der Waals surface area contributed by atoms with E-state index in [0.717, 1.165) is 5.75 Å². The third-order valence-corrected chi connectivity index (χ3v) is 2.57. The first-order valence-electron chi connectivity index (χ1n) is 4.08.